The Hall–Kier alpha value is -2.86. The second-order valence-electron chi connectivity index (χ2n) is 8.27. The molecule has 5 nitrogen and oxygen atoms in total. The van der Waals surface area contributed by atoms with Gasteiger partial charge in [0.1, 0.15) is 5.70 Å². The summed E-state index contributed by atoms with van der Waals surface area (Å²) in [4.78, 5) is 34.6. The maximum atomic E-state index is 13.5. The Balaban J connectivity index is 1.44. The van der Waals surface area contributed by atoms with Gasteiger partial charge in [0, 0.05) is 41.6 Å². The summed E-state index contributed by atoms with van der Waals surface area (Å²) in [6.45, 7) is 4.28. The fraction of sp³-hybridized carbons (Fsp3) is 0.333. The lowest BCUT2D eigenvalue weighted by atomic mass is 9.99. The maximum absolute atomic E-state index is 13.5. The minimum absolute atomic E-state index is 0.141. The van der Waals surface area contributed by atoms with Crippen molar-refractivity contribution in [1.82, 2.24) is 14.8 Å². The van der Waals surface area contributed by atoms with Gasteiger partial charge in [-0.15, -0.1) is 11.3 Å². The van der Waals surface area contributed by atoms with E-state index in [1.807, 2.05) is 41.9 Å². The number of imide groups is 1. The SMILES string of the molecule is CC1CCCN(C2=C(c3cccs3)C(=O)N(CCc3c[nH]c4ccccc34)C2=O)C1. The van der Waals surface area contributed by atoms with Crippen LogP contribution in [0.4, 0.5) is 0 Å². The Morgan fingerprint density at radius 3 is 2.80 bits per heavy atom. The smallest absolute Gasteiger partial charge is 0.277 e. The van der Waals surface area contributed by atoms with Gasteiger partial charge in [-0.1, -0.05) is 31.2 Å². The number of thiophene rings is 1. The summed E-state index contributed by atoms with van der Waals surface area (Å²) in [6, 6.07) is 12.0. The number of para-hydroxylation sites is 1. The quantitative estimate of drug-likeness (QED) is 0.628. The van der Waals surface area contributed by atoms with Crippen molar-refractivity contribution < 1.29 is 9.59 Å². The van der Waals surface area contributed by atoms with Crippen LogP contribution in [0.25, 0.3) is 16.5 Å². The number of fused-ring (bicyclic) bond motifs is 1. The average Bonchev–Trinajstić information content (AvgIpc) is 3.46. The molecule has 5 rings (SSSR count). The lowest BCUT2D eigenvalue weighted by Crippen LogP contribution is -2.39. The molecule has 1 unspecified atom stereocenters. The molecule has 1 N–H and O–H groups in total. The van der Waals surface area contributed by atoms with Crippen molar-refractivity contribution >= 4 is 39.6 Å². The standard InChI is InChI=1S/C24H25N3O2S/c1-16-6-4-11-26(15-16)22-21(20-9-5-13-30-20)23(28)27(24(22)29)12-10-17-14-25-19-8-3-2-7-18(17)19/h2-3,5,7-9,13-14,16,25H,4,6,10-12,15H2,1H3. The number of likely N-dealkylation sites (tertiary alicyclic amines) is 1. The molecule has 6 heteroatoms. The van der Waals surface area contributed by atoms with Gasteiger partial charge in [-0.05, 0) is 48.3 Å². The van der Waals surface area contributed by atoms with Crippen LogP contribution in [0.3, 0.4) is 0 Å². The Labute approximate surface area is 180 Å². The van der Waals surface area contributed by atoms with Crippen molar-refractivity contribution in [2.24, 2.45) is 5.92 Å². The van der Waals surface area contributed by atoms with E-state index in [1.165, 1.54) is 22.7 Å². The zero-order valence-corrected chi connectivity index (χ0v) is 17.9. The topological polar surface area (TPSA) is 56.4 Å². The van der Waals surface area contributed by atoms with E-state index in [0.29, 0.717) is 30.2 Å². The van der Waals surface area contributed by atoms with E-state index in [0.717, 1.165) is 40.9 Å². The second kappa shape index (κ2) is 7.76. The minimum Gasteiger partial charge on any atom is -0.366 e. The fourth-order valence-corrected chi connectivity index (χ4v) is 5.43. The molecule has 154 valence electrons. The number of piperidine rings is 1. The van der Waals surface area contributed by atoms with Gasteiger partial charge in [-0.2, -0.15) is 0 Å². The first-order valence-electron chi connectivity index (χ1n) is 10.6. The zero-order valence-electron chi connectivity index (χ0n) is 17.1. The van der Waals surface area contributed by atoms with Crippen molar-refractivity contribution in [2.75, 3.05) is 19.6 Å². The largest absolute Gasteiger partial charge is 0.366 e. The van der Waals surface area contributed by atoms with Crippen molar-refractivity contribution in [3.05, 3.63) is 64.1 Å². The van der Waals surface area contributed by atoms with Gasteiger partial charge >= 0.3 is 0 Å². The van der Waals surface area contributed by atoms with Crippen LogP contribution in [0.5, 0.6) is 0 Å². The molecule has 0 spiro atoms. The molecule has 3 aromatic rings. The van der Waals surface area contributed by atoms with E-state index in [-0.39, 0.29) is 11.8 Å². The summed E-state index contributed by atoms with van der Waals surface area (Å²) in [5, 5.41) is 3.11. The molecule has 30 heavy (non-hydrogen) atoms. The molecule has 2 aliphatic heterocycles. The maximum Gasteiger partial charge on any atom is 0.277 e. The van der Waals surface area contributed by atoms with E-state index in [2.05, 4.69) is 22.9 Å². The lowest BCUT2D eigenvalue weighted by molar-refractivity contribution is -0.137. The summed E-state index contributed by atoms with van der Waals surface area (Å²) in [5.41, 5.74) is 3.40. The van der Waals surface area contributed by atoms with Crippen molar-refractivity contribution in [3.8, 4) is 0 Å². The van der Waals surface area contributed by atoms with Gasteiger partial charge in [-0.3, -0.25) is 14.5 Å². The van der Waals surface area contributed by atoms with E-state index in [9.17, 15) is 9.59 Å². The van der Waals surface area contributed by atoms with Crippen molar-refractivity contribution in [3.63, 3.8) is 0 Å². The molecule has 2 amide bonds. The average molecular weight is 420 g/mol. The number of aromatic amines is 1. The number of carbonyl (C=O) groups excluding carboxylic acids is 2. The minimum atomic E-state index is -0.157. The molecule has 1 aromatic carbocycles. The number of nitrogens with one attached hydrogen (secondary N) is 1. The number of hydrogen-bond donors (Lipinski definition) is 1. The Morgan fingerprint density at radius 1 is 1.13 bits per heavy atom. The van der Waals surface area contributed by atoms with E-state index >= 15 is 0 Å². The summed E-state index contributed by atoms with van der Waals surface area (Å²) in [5.74, 6) is 0.229. The molecule has 4 heterocycles. The summed E-state index contributed by atoms with van der Waals surface area (Å²) in [6.07, 6.45) is 4.85. The lowest BCUT2D eigenvalue weighted by Gasteiger charge is -2.33. The molecular weight excluding hydrogens is 394 g/mol. The molecule has 0 bridgehead atoms. The van der Waals surface area contributed by atoms with Crippen LogP contribution in [0.1, 0.15) is 30.2 Å². The predicted molar refractivity (Wildman–Crippen MR) is 120 cm³/mol. The fourth-order valence-electron chi connectivity index (χ4n) is 4.67. The van der Waals surface area contributed by atoms with Gasteiger partial charge in [-0.25, -0.2) is 0 Å². The first-order chi connectivity index (χ1) is 14.6. The van der Waals surface area contributed by atoms with Gasteiger partial charge < -0.3 is 9.88 Å². The summed E-state index contributed by atoms with van der Waals surface area (Å²) in [7, 11) is 0. The number of amides is 2. The molecule has 2 aromatic heterocycles. The van der Waals surface area contributed by atoms with Crippen molar-refractivity contribution in [1.29, 1.82) is 0 Å². The van der Waals surface area contributed by atoms with Crippen molar-refractivity contribution in [2.45, 2.75) is 26.2 Å². The van der Waals surface area contributed by atoms with Gasteiger partial charge in [0.05, 0.1) is 5.57 Å². The number of carbonyl (C=O) groups is 2. The Morgan fingerprint density at radius 2 is 2.00 bits per heavy atom. The van der Waals surface area contributed by atoms with Crippen LogP contribution in [0, 0.1) is 5.92 Å². The molecule has 0 saturated carbocycles. The van der Waals surface area contributed by atoms with Crippen LogP contribution in [-0.4, -0.2) is 46.2 Å². The first kappa shape index (κ1) is 19.1. The molecule has 1 atom stereocenters. The normalized spacial score (nSPS) is 20.1. The van der Waals surface area contributed by atoms with Gasteiger partial charge in [0.2, 0.25) is 0 Å². The Bertz CT molecular complexity index is 1130. The number of aromatic nitrogens is 1. The molecule has 1 fully saturated rings. The van der Waals surface area contributed by atoms with Crippen LogP contribution < -0.4 is 0 Å². The van der Waals surface area contributed by atoms with Gasteiger partial charge in [0.15, 0.2) is 0 Å². The number of rotatable bonds is 5. The number of benzene rings is 1. The van der Waals surface area contributed by atoms with Crippen LogP contribution in [-0.2, 0) is 16.0 Å². The molecule has 0 radical (unpaired) electrons. The zero-order chi connectivity index (χ0) is 20.7. The van der Waals surface area contributed by atoms with E-state index in [4.69, 9.17) is 0 Å². The third kappa shape index (κ3) is 3.25. The first-order valence-corrected chi connectivity index (χ1v) is 11.5. The summed E-state index contributed by atoms with van der Waals surface area (Å²) >= 11 is 1.53. The van der Waals surface area contributed by atoms with Crippen LogP contribution in [0.2, 0.25) is 0 Å². The highest BCUT2D eigenvalue weighted by atomic mass is 32.1. The molecule has 2 aliphatic rings. The third-order valence-electron chi connectivity index (χ3n) is 6.16. The third-order valence-corrected chi connectivity index (χ3v) is 7.05. The molecular formula is C24H25N3O2S. The van der Waals surface area contributed by atoms with Crippen LogP contribution >= 0.6 is 11.3 Å². The number of hydrogen-bond acceptors (Lipinski definition) is 4. The highest BCUT2D eigenvalue weighted by Gasteiger charge is 2.42. The number of H-pyrrole nitrogens is 1. The van der Waals surface area contributed by atoms with Gasteiger partial charge in [0.25, 0.3) is 11.8 Å². The highest BCUT2D eigenvalue weighted by Crippen LogP contribution is 2.36. The van der Waals surface area contributed by atoms with E-state index in [1.54, 1.807) is 0 Å². The summed E-state index contributed by atoms with van der Waals surface area (Å²) < 4.78 is 0. The molecule has 0 aliphatic carbocycles. The van der Waals surface area contributed by atoms with Crippen LogP contribution in [0.15, 0.2) is 53.7 Å². The predicted octanol–water partition coefficient (Wildman–Crippen LogP) is 4.28. The van der Waals surface area contributed by atoms with E-state index < -0.39 is 0 Å². The Kier molecular flexibility index (Phi) is 4.95. The highest BCUT2D eigenvalue weighted by molar-refractivity contribution is 7.11. The number of nitrogens with zero attached hydrogens (tertiary/aromatic N) is 2. The molecule has 1 saturated heterocycles. The second-order valence-corrected chi connectivity index (χ2v) is 9.21. The monoisotopic (exact) mass is 419 g/mol.